The smallest absolute Gasteiger partial charge is 0.258 e. The van der Waals surface area contributed by atoms with Gasteiger partial charge in [0, 0.05) is 17.6 Å². The van der Waals surface area contributed by atoms with E-state index in [2.05, 4.69) is 10.3 Å². The standard InChI is InChI=1S/C19H18N2O2/c1-14-11-15(17-9-5-6-10-18(17)21-14)12-20-19(22)13-23-16-7-3-2-4-8-16/h2-11H,12-13H2,1H3,(H,20,22). The lowest BCUT2D eigenvalue weighted by atomic mass is 10.1. The SMILES string of the molecule is Cc1cc(CNC(=O)COc2ccccc2)c2ccccc2n1. The lowest BCUT2D eigenvalue weighted by Gasteiger charge is -2.10. The lowest BCUT2D eigenvalue weighted by molar-refractivity contribution is -0.123. The summed E-state index contributed by atoms with van der Waals surface area (Å²) in [4.78, 5) is 16.5. The van der Waals surface area contributed by atoms with Crippen LogP contribution >= 0.6 is 0 Å². The Morgan fingerprint density at radius 3 is 2.65 bits per heavy atom. The number of para-hydroxylation sites is 2. The number of hydrogen-bond donors (Lipinski definition) is 1. The monoisotopic (exact) mass is 306 g/mol. The summed E-state index contributed by atoms with van der Waals surface area (Å²) < 4.78 is 5.44. The molecule has 0 aliphatic carbocycles. The van der Waals surface area contributed by atoms with Crippen molar-refractivity contribution in [2.24, 2.45) is 0 Å². The van der Waals surface area contributed by atoms with Crippen molar-refractivity contribution >= 4 is 16.8 Å². The van der Waals surface area contributed by atoms with E-state index in [1.807, 2.05) is 67.6 Å². The van der Waals surface area contributed by atoms with Crippen LogP contribution in [0.15, 0.2) is 60.7 Å². The first-order chi connectivity index (χ1) is 11.2. The third-order valence-electron chi connectivity index (χ3n) is 3.52. The van der Waals surface area contributed by atoms with Gasteiger partial charge in [0.25, 0.3) is 5.91 Å². The maximum atomic E-state index is 12.0. The van der Waals surface area contributed by atoms with Crippen molar-refractivity contribution in [1.82, 2.24) is 10.3 Å². The van der Waals surface area contributed by atoms with Crippen molar-refractivity contribution < 1.29 is 9.53 Å². The van der Waals surface area contributed by atoms with Gasteiger partial charge < -0.3 is 10.1 Å². The summed E-state index contributed by atoms with van der Waals surface area (Å²) in [5.41, 5.74) is 2.94. The van der Waals surface area contributed by atoms with Gasteiger partial charge in [-0.3, -0.25) is 9.78 Å². The van der Waals surface area contributed by atoms with E-state index in [4.69, 9.17) is 4.74 Å². The second-order valence-corrected chi connectivity index (χ2v) is 5.32. The number of aromatic nitrogens is 1. The van der Waals surface area contributed by atoms with Crippen LogP contribution < -0.4 is 10.1 Å². The molecule has 0 bridgehead atoms. The number of nitrogens with zero attached hydrogens (tertiary/aromatic N) is 1. The third kappa shape index (κ3) is 3.86. The molecule has 0 aliphatic heterocycles. The fraction of sp³-hybridized carbons (Fsp3) is 0.158. The number of hydrogen-bond acceptors (Lipinski definition) is 3. The Kier molecular flexibility index (Phi) is 4.52. The van der Waals surface area contributed by atoms with E-state index in [0.717, 1.165) is 22.2 Å². The minimum Gasteiger partial charge on any atom is -0.484 e. The normalized spacial score (nSPS) is 10.5. The Hall–Kier alpha value is -2.88. The highest BCUT2D eigenvalue weighted by atomic mass is 16.5. The molecule has 1 aromatic heterocycles. The third-order valence-corrected chi connectivity index (χ3v) is 3.52. The number of amides is 1. The topological polar surface area (TPSA) is 51.2 Å². The molecule has 0 unspecified atom stereocenters. The average Bonchev–Trinajstić information content (AvgIpc) is 2.58. The summed E-state index contributed by atoms with van der Waals surface area (Å²) in [6.07, 6.45) is 0. The van der Waals surface area contributed by atoms with E-state index in [1.54, 1.807) is 0 Å². The van der Waals surface area contributed by atoms with Crippen LogP contribution in [0, 0.1) is 6.92 Å². The maximum Gasteiger partial charge on any atom is 0.258 e. The van der Waals surface area contributed by atoms with Crippen molar-refractivity contribution in [2.75, 3.05) is 6.61 Å². The van der Waals surface area contributed by atoms with Crippen LogP contribution in [0.25, 0.3) is 10.9 Å². The maximum absolute atomic E-state index is 12.0. The number of rotatable bonds is 5. The number of pyridine rings is 1. The molecule has 116 valence electrons. The van der Waals surface area contributed by atoms with Crippen LogP contribution in [-0.2, 0) is 11.3 Å². The molecule has 3 rings (SSSR count). The van der Waals surface area contributed by atoms with Crippen LogP contribution in [0.2, 0.25) is 0 Å². The van der Waals surface area contributed by atoms with Crippen molar-refractivity contribution in [3.8, 4) is 5.75 Å². The van der Waals surface area contributed by atoms with E-state index < -0.39 is 0 Å². The molecule has 1 heterocycles. The van der Waals surface area contributed by atoms with E-state index in [-0.39, 0.29) is 12.5 Å². The van der Waals surface area contributed by atoms with E-state index in [1.165, 1.54) is 0 Å². The number of carbonyl (C=O) groups is 1. The molecule has 3 aromatic rings. The van der Waals surface area contributed by atoms with E-state index in [0.29, 0.717) is 12.3 Å². The first kappa shape index (κ1) is 15.0. The lowest BCUT2D eigenvalue weighted by Crippen LogP contribution is -2.28. The summed E-state index contributed by atoms with van der Waals surface area (Å²) in [7, 11) is 0. The van der Waals surface area contributed by atoms with E-state index >= 15 is 0 Å². The first-order valence-corrected chi connectivity index (χ1v) is 7.52. The highest BCUT2D eigenvalue weighted by Crippen LogP contribution is 2.18. The zero-order valence-electron chi connectivity index (χ0n) is 13.0. The largest absolute Gasteiger partial charge is 0.484 e. The molecule has 4 heteroatoms. The molecule has 2 aromatic carbocycles. The van der Waals surface area contributed by atoms with Gasteiger partial charge in [-0.2, -0.15) is 0 Å². The van der Waals surface area contributed by atoms with Crippen molar-refractivity contribution in [3.63, 3.8) is 0 Å². The van der Waals surface area contributed by atoms with Crippen LogP contribution in [0.3, 0.4) is 0 Å². The van der Waals surface area contributed by atoms with Crippen LogP contribution in [0.5, 0.6) is 5.75 Å². The Balaban J connectivity index is 1.63. The number of aryl methyl sites for hydroxylation is 1. The second kappa shape index (κ2) is 6.92. The van der Waals surface area contributed by atoms with Crippen molar-refractivity contribution in [1.29, 1.82) is 0 Å². The molecular weight excluding hydrogens is 288 g/mol. The second-order valence-electron chi connectivity index (χ2n) is 5.32. The van der Waals surface area contributed by atoms with Gasteiger partial charge in [0.15, 0.2) is 6.61 Å². The minimum atomic E-state index is -0.146. The van der Waals surface area contributed by atoms with Gasteiger partial charge in [0.05, 0.1) is 5.52 Å². The Labute approximate surface area is 135 Å². The average molecular weight is 306 g/mol. The highest BCUT2D eigenvalue weighted by Gasteiger charge is 2.06. The molecular formula is C19H18N2O2. The number of ether oxygens (including phenoxy) is 1. The summed E-state index contributed by atoms with van der Waals surface area (Å²) in [6, 6.07) is 19.2. The van der Waals surface area contributed by atoms with E-state index in [9.17, 15) is 4.79 Å². The highest BCUT2D eigenvalue weighted by molar-refractivity contribution is 5.83. The first-order valence-electron chi connectivity index (χ1n) is 7.52. The van der Waals surface area contributed by atoms with Gasteiger partial charge in [-0.1, -0.05) is 36.4 Å². The van der Waals surface area contributed by atoms with Crippen molar-refractivity contribution in [3.05, 3.63) is 71.9 Å². The molecule has 0 aliphatic rings. The molecule has 1 amide bonds. The predicted octanol–water partition coefficient (Wildman–Crippen LogP) is 3.24. The quantitative estimate of drug-likeness (QED) is 0.787. The van der Waals surface area contributed by atoms with Gasteiger partial charge in [0.1, 0.15) is 5.75 Å². The van der Waals surface area contributed by atoms with Crippen LogP contribution in [0.4, 0.5) is 0 Å². The molecule has 0 atom stereocenters. The Morgan fingerprint density at radius 1 is 1.09 bits per heavy atom. The molecule has 0 saturated heterocycles. The minimum absolute atomic E-state index is 0.00596. The molecule has 1 N–H and O–H groups in total. The van der Waals surface area contributed by atoms with Crippen molar-refractivity contribution in [2.45, 2.75) is 13.5 Å². The zero-order valence-corrected chi connectivity index (χ0v) is 13.0. The van der Waals surface area contributed by atoms with Crippen LogP contribution in [0.1, 0.15) is 11.3 Å². The summed E-state index contributed by atoms with van der Waals surface area (Å²) in [5, 5.41) is 3.95. The molecule has 0 radical (unpaired) electrons. The molecule has 23 heavy (non-hydrogen) atoms. The number of fused-ring (bicyclic) bond motifs is 1. The Morgan fingerprint density at radius 2 is 1.83 bits per heavy atom. The van der Waals surface area contributed by atoms with Gasteiger partial charge in [-0.05, 0) is 36.8 Å². The number of nitrogens with one attached hydrogen (secondary N) is 1. The Bertz CT molecular complexity index is 816. The van der Waals surface area contributed by atoms with Crippen LogP contribution in [-0.4, -0.2) is 17.5 Å². The van der Waals surface area contributed by atoms with Gasteiger partial charge in [-0.25, -0.2) is 0 Å². The molecule has 4 nitrogen and oxygen atoms in total. The number of carbonyl (C=O) groups excluding carboxylic acids is 1. The predicted molar refractivity (Wildman–Crippen MR) is 90.3 cm³/mol. The van der Waals surface area contributed by atoms with Gasteiger partial charge >= 0.3 is 0 Å². The molecule has 0 fully saturated rings. The fourth-order valence-electron chi connectivity index (χ4n) is 2.45. The number of benzene rings is 2. The summed E-state index contributed by atoms with van der Waals surface area (Å²) in [6.45, 7) is 2.42. The molecule has 0 spiro atoms. The van der Waals surface area contributed by atoms with Gasteiger partial charge in [0.2, 0.25) is 0 Å². The fourth-order valence-corrected chi connectivity index (χ4v) is 2.45. The van der Waals surface area contributed by atoms with Gasteiger partial charge in [-0.15, -0.1) is 0 Å². The molecule has 0 saturated carbocycles. The summed E-state index contributed by atoms with van der Waals surface area (Å²) in [5.74, 6) is 0.542. The summed E-state index contributed by atoms with van der Waals surface area (Å²) >= 11 is 0. The zero-order chi connectivity index (χ0) is 16.1.